The number of hydrogen-bond acceptors (Lipinski definition) is 4. The van der Waals surface area contributed by atoms with Crippen LogP contribution in [0.15, 0.2) is 12.2 Å². The van der Waals surface area contributed by atoms with Crippen molar-refractivity contribution < 1.29 is 32.6 Å². The standard InChI is InChI=1S/C7H13NO2.C2HF3O2/c1-3-10-7(9)5-4-6-8-2;3-2(4,5)1(6)7/h4-5,8H,3,6H2,1-2H3;(H,6,7)/b5-4+;. The van der Waals surface area contributed by atoms with Crippen molar-refractivity contribution >= 4 is 11.9 Å². The molecule has 0 rings (SSSR count). The molecule has 0 aromatic carbocycles. The molecule has 5 nitrogen and oxygen atoms in total. The van der Waals surface area contributed by atoms with Crippen LogP contribution in [0.4, 0.5) is 13.2 Å². The number of halogens is 3. The first-order chi connectivity index (χ1) is 7.75. The Hall–Kier alpha value is -1.57. The zero-order valence-corrected chi connectivity index (χ0v) is 9.37. The average Bonchev–Trinajstić information content (AvgIpc) is 2.18. The maximum atomic E-state index is 10.6. The third-order valence-electron chi connectivity index (χ3n) is 1.11. The Balaban J connectivity index is 0. The number of hydrogen-bond donors (Lipinski definition) is 2. The number of alkyl halides is 3. The van der Waals surface area contributed by atoms with Crippen molar-refractivity contribution in [3.63, 3.8) is 0 Å². The van der Waals surface area contributed by atoms with E-state index in [9.17, 15) is 18.0 Å². The van der Waals surface area contributed by atoms with Gasteiger partial charge in [0.15, 0.2) is 0 Å². The van der Waals surface area contributed by atoms with Crippen molar-refractivity contribution in [2.24, 2.45) is 0 Å². The summed E-state index contributed by atoms with van der Waals surface area (Å²) in [7, 11) is 1.81. The van der Waals surface area contributed by atoms with Crippen LogP contribution in [0.5, 0.6) is 0 Å². The van der Waals surface area contributed by atoms with E-state index in [2.05, 4.69) is 10.1 Å². The van der Waals surface area contributed by atoms with E-state index in [4.69, 9.17) is 9.90 Å². The quantitative estimate of drug-likeness (QED) is 0.579. The summed E-state index contributed by atoms with van der Waals surface area (Å²) in [4.78, 5) is 19.5. The molecule has 0 aromatic heterocycles. The third-order valence-corrected chi connectivity index (χ3v) is 1.11. The van der Waals surface area contributed by atoms with Crippen LogP contribution in [-0.2, 0) is 14.3 Å². The molecule has 0 heterocycles. The summed E-state index contributed by atoms with van der Waals surface area (Å²) in [5.74, 6) is -3.04. The second kappa shape index (κ2) is 9.64. The van der Waals surface area contributed by atoms with Gasteiger partial charge in [-0.25, -0.2) is 9.59 Å². The lowest BCUT2D eigenvalue weighted by Crippen LogP contribution is -2.21. The molecule has 0 radical (unpaired) electrons. The highest BCUT2D eigenvalue weighted by molar-refractivity contribution is 5.81. The normalized spacial score (nSPS) is 10.6. The molecular weight excluding hydrogens is 243 g/mol. The van der Waals surface area contributed by atoms with E-state index >= 15 is 0 Å². The highest BCUT2D eigenvalue weighted by Gasteiger charge is 2.38. The van der Waals surface area contributed by atoms with Crippen molar-refractivity contribution in [3.05, 3.63) is 12.2 Å². The minimum Gasteiger partial charge on any atom is -0.475 e. The number of esters is 1. The summed E-state index contributed by atoms with van der Waals surface area (Å²) in [5, 5.41) is 10.00. The Labute approximate surface area is 96.3 Å². The van der Waals surface area contributed by atoms with Gasteiger partial charge in [-0.05, 0) is 14.0 Å². The molecule has 0 aromatic rings. The van der Waals surface area contributed by atoms with Gasteiger partial charge in [0, 0.05) is 12.6 Å². The van der Waals surface area contributed by atoms with Gasteiger partial charge >= 0.3 is 18.1 Å². The topological polar surface area (TPSA) is 75.6 Å². The van der Waals surface area contributed by atoms with Gasteiger partial charge in [0.25, 0.3) is 0 Å². The summed E-state index contributed by atoms with van der Waals surface area (Å²) in [6, 6.07) is 0. The minimum atomic E-state index is -5.08. The molecule has 0 saturated carbocycles. The first-order valence-corrected chi connectivity index (χ1v) is 4.53. The number of ether oxygens (including phenoxy) is 1. The Kier molecular flexibility index (Phi) is 10.1. The van der Waals surface area contributed by atoms with E-state index in [0.29, 0.717) is 13.2 Å². The zero-order valence-electron chi connectivity index (χ0n) is 9.37. The van der Waals surface area contributed by atoms with E-state index in [0.717, 1.165) is 0 Å². The molecule has 0 amide bonds. The van der Waals surface area contributed by atoms with E-state index in [-0.39, 0.29) is 5.97 Å². The van der Waals surface area contributed by atoms with Crippen LogP contribution in [0.2, 0.25) is 0 Å². The first-order valence-electron chi connectivity index (χ1n) is 4.53. The van der Waals surface area contributed by atoms with E-state index in [1.165, 1.54) is 6.08 Å². The summed E-state index contributed by atoms with van der Waals surface area (Å²) in [6.07, 6.45) is -1.95. The molecule has 0 aliphatic rings. The van der Waals surface area contributed by atoms with Gasteiger partial charge in [-0.2, -0.15) is 13.2 Å². The third kappa shape index (κ3) is 14.4. The van der Waals surface area contributed by atoms with E-state index < -0.39 is 12.1 Å². The highest BCUT2D eigenvalue weighted by atomic mass is 19.4. The lowest BCUT2D eigenvalue weighted by molar-refractivity contribution is -0.192. The van der Waals surface area contributed by atoms with Crippen molar-refractivity contribution in [1.29, 1.82) is 0 Å². The molecule has 100 valence electrons. The number of nitrogens with one attached hydrogen (secondary N) is 1. The number of carbonyl (C=O) groups is 2. The molecule has 0 fully saturated rings. The van der Waals surface area contributed by atoms with Crippen LogP contribution in [0.3, 0.4) is 0 Å². The molecule has 0 atom stereocenters. The van der Waals surface area contributed by atoms with Crippen LogP contribution in [-0.4, -0.2) is 43.4 Å². The molecule has 0 unspecified atom stereocenters. The van der Waals surface area contributed by atoms with Gasteiger partial charge in [0.1, 0.15) is 0 Å². The second-order valence-corrected chi connectivity index (χ2v) is 2.52. The first kappa shape index (κ1) is 17.8. The molecule has 0 aliphatic carbocycles. The fourth-order valence-corrected chi connectivity index (χ4v) is 0.463. The smallest absolute Gasteiger partial charge is 0.475 e. The van der Waals surface area contributed by atoms with Crippen LogP contribution in [0, 0.1) is 0 Å². The number of carboxylic acid groups (broad SMARTS) is 1. The number of carboxylic acids is 1. The Bertz CT molecular complexity index is 263. The molecule has 0 spiro atoms. The van der Waals surface area contributed by atoms with Crippen molar-refractivity contribution in [3.8, 4) is 0 Å². The highest BCUT2D eigenvalue weighted by Crippen LogP contribution is 2.13. The van der Waals surface area contributed by atoms with Crippen LogP contribution < -0.4 is 5.32 Å². The largest absolute Gasteiger partial charge is 0.490 e. The van der Waals surface area contributed by atoms with E-state index in [1.54, 1.807) is 13.0 Å². The van der Waals surface area contributed by atoms with Gasteiger partial charge in [0.2, 0.25) is 0 Å². The van der Waals surface area contributed by atoms with Crippen molar-refractivity contribution in [2.45, 2.75) is 13.1 Å². The molecular formula is C9H14F3NO4. The number of rotatable bonds is 4. The van der Waals surface area contributed by atoms with Crippen LogP contribution >= 0.6 is 0 Å². The zero-order chi connectivity index (χ0) is 13.9. The van der Waals surface area contributed by atoms with Crippen LogP contribution in [0.25, 0.3) is 0 Å². The Morgan fingerprint density at radius 2 is 1.88 bits per heavy atom. The predicted octanol–water partition coefficient (Wildman–Crippen LogP) is 0.958. The van der Waals surface area contributed by atoms with E-state index in [1.807, 2.05) is 7.05 Å². The Morgan fingerprint density at radius 1 is 1.41 bits per heavy atom. The monoisotopic (exact) mass is 257 g/mol. The molecule has 2 N–H and O–H groups in total. The fraction of sp³-hybridized carbons (Fsp3) is 0.556. The molecule has 17 heavy (non-hydrogen) atoms. The summed E-state index contributed by atoms with van der Waals surface area (Å²) >= 11 is 0. The number of likely N-dealkylation sites (N-methyl/N-ethyl adjacent to an activating group) is 1. The van der Waals surface area contributed by atoms with Crippen molar-refractivity contribution in [1.82, 2.24) is 5.32 Å². The predicted molar refractivity (Wildman–Crippen MR) is 53.4 cm³/mol. The summed E-state index contributed by atoms with van der Waals surface area (Å²) in [5.41, 5.74) is 0. The van der Waals surface area contributed by atoms with Gasteiger partial charge < -0.3 is 15.2 Å². The number of aliphatic carboxylic acids is 1. The van der Waals surface area contributed by atoms with Gasteiger partial charge in [-0.3, -0.25) is 0 Å². The van der Waals surface area contributed by atoms with Crippen LogP contribution in [0.1, 0.15) is 6.92 Å². The molecule has 0 aliphatic heterocycles. The fourth-order valence-electron chi connectivity index (χ4n) is 0.463. The average molecular weight is 257 g/mol. The van der Waals surface area contributed by atoms with Gasteiger partial charge in [-0.1, -0.05) is 6.08 Å². The summed E-state index contributed by atoms with van der Waals surface area (Å²) < 4.78 is 36.4. The molecule has 0 bridgehead atoms. The van der Waals surface area contributed by atoms with Gasteiger partial charge in [0.05, 0.1) is 6.61 Å². The lowest BCUT2D eigenvalue weighted by Gasteiger charge is -1.93. The van der Waals surface area contributed by atoms with Gasteiger partial charge in [-0.15, -0.1) is 0 Å². The minimum absolute atomic E-state index is 0.280. The lowest BCUT2D eigenvalue weighted by atomic mass is 10.5. The summed E-state index contributed by atoms with van der Waals surface area (Å²) in [6.45, 7) is 2.91. The maximum Gasteiger partial charge on any atom is 0.490 e. The second-order valence-electron chi connectivity index (χ2n) is 2.52. The van der Waals surface area contributed by atoms with Crippen molar-refractivity contribution in [2.75, 3.05) is 20.2 Å². The molecule has 8 heteroatoms. The Morgan fingerprint density at radius 3 is 2.18 bits per heavy atom. The SMILES string of the molecule is CCOC(=O)/C=C/CNC.O=C(O)C(F)(F)F. The molecule has 0 saturated heterocycles. The maximum absolute atomic E-state index is 10.6. The number of carbonyl (C=O) groups excluding carboxylic acids is 1.